The van der Waals surface area contributed by atoms with Gasteiger partial charge in [-0.1, -0.05) is 315 Å². The standard InChI is InChI=1S/2C46H30N4/c1-3-10-31(11-4-1)32-22-24-36(25-23-32)45-48-44(35-12-5-2-6-13-35)49-46(50-45)39-16-9-15-37(28-39)33-18-20-34(21-19-33)38-26-27-42-41-17-8-7-14-40(41)30-47-43(42)29-38;1-3-8-31(9-4-1)32-18-21-37(22-19-32)45-48-44(36-10-5-2-6-11-36)49-46(50-45)41-13-7-12-38(29-41)33-14-16-34(17-15-33)39-24-25-42-40(28-39)23-20-35-26-27-47-30-43(35)42/h2*1-30H. The largest absolute Gasteiger partial charge is 0.264 e. The normalized spacial score (nSPS) is 11.2. The number of fused-ring (bicyclic) bond motifs is 6. The topological polar surface area (TPSA) is 103 Å². The van der Waals surface area contributed by atoms with Gasteiger partial charge in [0.25, 0.3) is 0 Å². The Morgan fingerprint density at radius 1 is 0.160 bits per heavy atom. The first kappa shape index (κ1) is 60.1. The average Bonchev–Trinajstić information content (AvgIpc) is 0.803. The van der Waals surface area contributed by atoms with E-state index < -0.39 is 0 Å². The van der Waals surface area contributed by atoms with Gasteiger partial charge in [-0.2, -0.15) is 0 Å². The van der Waals surface area contributed by atoms with Crippen molar-refractivity contribution in [2.45, 2.75) is 0 Å². The maximum absolute atomic E-state index is 5.01. The summed E-state index contributed by atoms with van der Waals surface area (Å²) in [5, 5.41) is 8.35. The molecule has 18 aromatic rings. The van der Waals surface area contributed by atoms with Crippen molar-refractivity contribution in [1.29, 1.82) is 0 Å². The predicted octanol–water partition coefficient (Wildman–Crippen LogP) is 23.2. The number of rotatable bonds is 12. The molecule has 0 spiro atoms. The lowest BCUT2D eigenvalue weighted by Crippen LogP contribution is -2.00. The van der Waals surface area contributed by atoms with E-state index in [4.69, 9.17) is 34.9 Å². The number of nitrogens with zero attached hydrogens (tertiary/aromatic N) is 8. The molecule has 0 amide bonds. The van der Waals surface area contributed by atoms with Crippen LogP contribution in [0.4, 0.5) is 0 Å². The van der Waals surface area contributed by atoms with Crippen molar-refractivity contribution in [3.63, 3.8) is 0 Å². The molecule has 0 unspecified atom stereocenters. The first-order valence-electron chi connectivity index (χ1n) is 33.4. The minimum Gasteiger partial charge on any atom is -0.264 e. The van der Waals surface area contributed by atoms with Crippen LogP contribution in [0.3, 0.4) is 0 Å². The Morgan fingerprint density at radius 3 is 0.940 bits per heavy atom. The molecule has 0 bridgehead atoms. The minimum atomic E-state index is 0.635. The van der Waals surface area contributed by atoms with Gasteiger partial charge in [0, 0.05) is 68.1 Å². The van der Waals surface area contributed by atoms with Gasteiger partial charge in [-0.05, 0) is 119 Å². The summed E-state index contributed by atoms with van der Waals surface area (Å²) in [4.78, 5) is 38.9. The zero-order valence-corrected chi connectivity index (χ0v) is 54.2. The molecule has 0 N–H and O–H groups in total. The van der Waals surface area contributed by atoms with Crippen molar-refractivity contribution in [2.75, 3.05) is 0 Å². The number of hydrogen-bond acceptors (Lipinski definition) is 8. The molecular formula is C92H60N8. The van der Waals surface area contributed by atoms with E-state index in [0.29, 0.717) is 34.9 Å². The summed E-state index contributed by atoms with van der Waals surface area (Å²) in [6, 6.07) is 120. The van der Waals surface area contributed by atoms with Crippen molar-refractivity contribution >= 4 is 43.2 Å². The van der Waals surface area contributed by atoms with E-state index in [-0.39, 0.29) is 0 Å². The lowest BCUT2D eigenvalue weighted by molar-refractivity contribution is 1.07. The highest BCUT2D eigenvalue weighted by Crippen LogP contribution is 2.36. The molecular weight excluding hydrogens is 1220 g/mol. The Hall–Kier alpha value is -13.6. The van der Waals surface area contributed by atoms with Gasteiger partial charge in [0.15, 0.2) is 34.9 Å². The van der Waals surface area contributed by atoms with Gasteiger partial charge in [0.05, 0.1) is 5.52 Å². The van der Waals surface area contributed by atoms with Gasteiger partial charge in [-0.3, -0.25) is 9.97 Å². The van der Waals surface area contributed by atoms with E-state index in [1.54, 1.807) is 0 Å². The number of pyridine rings is 2. The average molecular weight is 1280 g/mol. The molecule has 0 saturated heterocycles. The Labute approximate surface area is 579 Å². The van der Waals surface area contributed by atoms with E-state index in [1.165, 1.54) is 54.6 Å². The summed E-state index contributed by atoms with van der Waals surface area (Å²) in [7, 11) is 0. The zero-order valence-electron chi connectivity index (χ0n) is 54.2. The Morgan fingerprint density at radius 2 is 0.470 bits per heavy atom. The number of hydrogen-bond donors (Lipinski definition) is 0. The molecule has 4 heterocycles. The lowest BCUT2D eigenvalue weighted by atomic mass is 9.96. The zero-order chi connectivity index (χ0) is 66.6. The summed E-state index contributed by atoms with van der Waals surface area (Å²) in [5.74, 6) is 3.84. The predicted molar refractivity (Wildman–Crippen MR) is 411 cm³/mol. The van der Waals surface area contributed by atoms with E-state index >= 15 is 0 Å². The molecule has 8 heteroatoms. The molecule has 4 aromatic heterocycles. The quantitative estimate of drug-likeness (QED) is 0.111. The molecule has 0 radical (unpaired) electrons. The minimum absolute atomic E-state index is 0.635. The number of aromatic nitrogens is 8. The van der Waals surface area contributed by atoms with Gasteiger partial charge >= 0.3 is 0 Å². The summed E-state index contributed by atoms with van der Waals surface area (Å²) in [6.45, 7) is 0. The van der Waals surface area contributed by atoms with Crippen LogP contribution in [0.5, 0.6) is 0 Å². The number of benzene rings is 14. The fourth-order valence-electron chi connectivity index (χ4n) is 13.1. The molecule has 14 aromatic carbocycles. The Bertz CT molecular complexity index is 5600. The molecule has 0 aliphatic rings. The van der Waals surface area contributed by atoms with E-state index in [1.807, 2.05) is 91.4 Å². The first-order chi connectivity index (χ1) is 49.5. The molecule has 0 fully saturated rings. The van der Waals surface area contributed by atoms with Crippen LogP contribution < -0.4 is 0 Å². The SMILES string of the molecule is c1ccc(-c2ccc(-c3nc(-c4ccccc4)nc(-c4cccc(-c5ccc(-c6ccc7c(c6)ncc6ccccc67)cc5)c4)n3)cc2)cc1.c1ccc(-c2ccc(-c3nc(-c4ccccc4)nc(-c4cccc(-c5ccc(-c6ccc7c(ccc8ccncc87)c6)cc5)c4)n3)cc2)cc1. The van der Waals surface area contributed by atoms with E-state index in [9.17, 15) is 0 Å². The highest BCUT2D eigenvalue weighted by Gasteiger charge is 2.17. The maximum atomic E-state index is 5.01. The van der Waals surface area contributed by atoms with Crippen molar-refractivity contribution in [3.8, 4) is 135 Å². The highest BCUT2D eigenvalue weighted by molar-refractivity contribution is 6.08. The Balaban J connectivity index is 0.000000150. The van der Waals surface area contributed by atoms with Gasteiger partial charge in [-0.25, -0.2) is 29.9 Å². The summed E-state index contributed by atoms with van der Waals surface area (Å²) in [5.41, 5.74) is 20.4. The second-order valence-corrected chi connectivity index (χ2v) is 24.7. The molecule has 0 aliphatic carbocycles. The fraction of sp³-hybridized carbons (Fsp3) is 0. The van der Waals surface area contributed by atoms with Crippen LogP contribution in [0, 0.1) is 0 Å². The summed E-state index contributed by atoms with van der Waals surface area (Å²) in [6.07, 6.45) is 5.75. The lowest BCUT2D eigenvalue weighted by Gasteiger charge is -2.11. The molecule has 0 aliphatic heterocycles. The third-order valence-electron chi connectivity index (χ3n) is 18.4. The molecule has 8 nitrogen and oxygen atoms in total. The van der Waals surface area contributed by atoms with Crippen LogP contribution in [0.25, 0.3) is 178 Å². The van der Waals surface area contributed by atoms with Crippen LogP contribution in [0.2, 0.25) is 0 Å². The Kier molecular flexibility index (Phi) is 16.2. The van der Waals surface area contributed by atoms with Gasteiger partial charge in [0.1, 0.15) is 0 Å². The summed E-state index contributed by atoms with van der Waals surface area (Å²) >= 11 is 0. The molecule has 18 rings (SSSR count). The van der Waals surface area contributed by atoms with Crippen molar-refractivity contribution in [2.24, 2.45) is 0 Å². The molecule has 0 atom stereocenters. The third kappa shape index (κ3) is 12.5. The van der Waals surface area contributed by atoms with E-state index in [0.717, 1.165) is 88.8 Å². The van der Waals surface area contributed by atoms with Crippen molar-refractivity contribution < 1.29 is 0 Å². The molecule has 100 heavy (non-hydrogen) atoms. The highest BCUT2D eigenvalue weighted by atomic mass is 15.0. The smallest absolute Gasteiger partial charge is 0.164 e. The van der Waals surface area contributed by atoms with Gasteiger partial charge in [0.2, 0.25) is 0 Å². The first-order valence-corrected chi connectivity index (χ1v) is 33.4. The second kappa shape index (κ2) is 26.9. The van der Waals surface area contributed by atoms with Gasteiger partial charge < -0.3 is 0 Å². The van der Waals surface area contributed by atoms with E-state index in [2.05, 4.69) is 278 Å². The maximum Gasteiger partial charge on any atom is 0.164 e. The van der Waals surface area contributed by atoms with Crippen molar-refractivity contribution in [1.82, 2.24) is 39.9 Å². The van der Waals surface area contributed by atoms with Gasteiger partial charge in [-0.15, -0.1) is 0 Å². The monoisotopic (exact) mass is 1280 g/mol. The molecule has 468 valence electrons. The van der Waals surface area contributed by atoms with Crippen molar-refractivity contribution in [3.05, 3.63) is 364 Å². The second-order valence-electron chi connectivity index (χ2n) is 24.7. The molecule has 0 saturated carbocycles. The van der Waals surface area contributed by atoms with Crippen LogP contribution in [0.15, 0.2) is 364 Å². The van der Waals surface area contributed by atoms with Crippen LogP contribution in [0.1, 0.15) is 0 Å². The summed E-state index contributed by atoms with van der Waals surface area (Å²) < 4.78 is 0. The van der Waals surface area contributed by atoms with Crippen LogP contribution in [-0.4, -0.2) is 39.9 Å². The van der Waals surface area contributed by atoms with Crippen LogP contribution >= 0.6 is 0 Å². The van der Waals surface area contributed by atoms with Crippen LogP contribution in [-0.2, 0) is 0 Å². The third-order valence-corrected chi connectivity index (χ3v) is 18.4. The fourth-order valence-corrected chi connectivity index (χ4v) is 13.1.